The summed E-state index contributed by atoms with van der Waals surface area (Å²) in [4.78, 5) is 8.49. The van der Waals surface area contributed by atoms with Crippen LogP contribution in [-0.2, 0) is 6.54 Å². The molecule has 106 valence electrons. The second-order valence-electron chi connectivity index (χ2n) is 4.61. The number of anilines is 1. The first-order chi connectivity index (χ1) is 10.3. The van der Waals surface area contributed by atoms with E-state index in [0.717, 1.165) is 33.1 Å². The normalized spacial score (nSPS) is 12.8. The maximum Gasteiger partial charge on any atom is 0.231 e. The number of halogens is 1. The highest BCUT2D eigenvalue weighted by atomic mass is 79.9. The van der Waals surface area contributed by atoms with E-state index in [1.54, 1.807) is 6.20 Å². The maximum absolute atomic E-state index is 5.37. The number of fused-ring (bicyclic) bond motifs is 2. The average Bonchev–Trinajstić information content (AvgIpc) is 3.10. The van der Waals surface area contributed by atoms with Crippen LogP contribution in [0.5, 0.6) is 11.5 Å². The molecule has 1 N–H and O–H groups in total. The molecule has 0 aliphatic carbocycles. The molecule has 0 fully saturated rings. The van der Waals surface area contributed by atoms with Crippen molar-refractivity contribution in [3.05, 3.63) is 47.1 Å². The summed E-state index contributed by atoms with van der Waals surface area (Å²) in [5.74, 6) is 1.55. The summed E-state index contributed by atoms with van der Waals surface area (Å²) < 4.78 is 13.4. The quantitative estimate of drug-likeness (QED) is 0.790. The Hall–Kier alpha value is -2.28. The highest BCUT2D eigenvalue weighted by molar-refractivity contribution is 9.10. The number of nitrogens with one attached hydrogen (secondary N) is 1. The van der Waals surface area contributed by atoms with E-state index in [-0.39, 0.29) is 6.79 Å². The van der Waals surface area contributed by atoms with Gasteiger partial charge in [-0.15, -0.1) is 0 Å². The molecule has 3 aromatic rings. The number of benzene rings is 1. The molecule has 2 aromatic heterocycles. The molecule has 0 atom stereocenters. The van der Waals surface area contributed by atoms with Crippen molar-refractivity contribution in [1.82, 2.24) is 14.4 Å². The number of rotatable bonds is 3. The molecule has 0 saturated carbocycles. The van der Waals surface area contributed by atoms with E-state index in [1.165, 1.54) is 0 Å². The minimum atomic E-state index is 0.285. The predicted octanol–water partition coefficient (Wildman–Crippen LogP) is 2.83. The van der Waals surface area contributed by atoms with Gasteiger partial charge in [-0.25, -0.2) is 9.97 Å². The van der Waals surface area contributed by atoms with Crippen LogP contribution in [0.1, 0.15) is 5.69 Å². The second-order valence-corrected chi connectivity index (χ2v) is 5.42. The van der Waals surface area contributed by atoms with Gasteiger partial charge in [0.15, 0.2) is 17.1 Å². The van der Waals surface area contributed by atoms with Crippen molar-refractivity contribution in [2.45, 2.75) is 6.54 Å². The van der Waals surface area contributed by atoms with Gasteiger partial charge in [-0.1, -0.05) is 0 Å². The van der Waals surface area contributed by atoms with Gasteiger partial charge >= 0.3 is 0 Å². The topological polar surface area (TPSA) is 60.7 Å². The first-order valence-electron chi connectivity index (χ1n) is 6.40. The van der Waals surface area contributed by atoms with E-state index in [9.17, 15) is 0 Å². The van der Waals surface area contributed by atoms with Crippen molar-refractivity contribution in [3.8, 4) is 11.5 Å². The molecule has 21 heavy (non-hydrogen) atoms. The first-order valence-corrected chi connectivity index (χ1v) is 7.20. The number of imidazole rings is 1. The summed E-state index contributed by atoms with van der Waals surface area (Å²) in [7, 11) is 0. The molecule has 1 aliphatic heterocycles. The lowest BCUT2D eigenvalue weighted by molar-refractivity contribution is 0.174. The number of ether oxygens (including phenoxy) is 2. The van der Waals surface area contributed by atoms with Gasteiger partial charge in [-0.05, 0) is 28.1 Å². The van der Waals surface area contributed by atoms with E-state index in [2.05, 4.69) is 31.2 Å². The van der Waals surface area contributed by atoms with Crippen LogP contribution in [0.3, 0.4) is 0 Å². The summed E-state index contributed by atoms with van der Waals surface area (Å²) in [6.07, 6.45) is 5.47. The van der Waals surface area contributed by atoms with Crippen molar-refractivity contribution >= 4 is 27.3 Å². The Labute approximate surface area is 128 Å². The number of nitrogens with zero attached hydrogens (tertiary/aromatic N) is 3. The van der Waals surface area contributed by atoms with E-state index >= 15 is 0 Å². The fourth-order valence-corrected chi connectivity index (χ4v) is 2.55. The van der Waals surface area contributed by atoms with Crippen LogP contribution in [-0.4, -0.2) is 21.2 Å². The third-order valence-corrected chi connectivity index (χ3v) is 3.70. The largest absolute Gasteiger partial charge is 0.454 e. The van der Waals surface area contributed by atoms with Crippen LogP contribution in [0.15, 0.2) is 41.4 Å². The van der Waals surface area contributed by atoms with Crippen molar-refractivity contribution in [3.63, 3.8) is 0 Å². The highest BCUT2D eigenvalue weighted by Gasteiger charge is 2.13. The molecular formula is C14H11BrN4O2. The van der Waals surface area contributed by atoms with E-state index in [1.807, 2.05) is 35.0 Å². The third kappa shape index (κ3) is 2.29. The van der Waals surface area contributed by atoms with Gasteiger partial charge in [0.1, 0.15) is 4.60 Å². The van der Waals surface area contributed by atoms with Gasteiger partial charge in [0.25, 0.3) is 0 Å². The zero-order valence-corrected chi connectivity index (χ0v) is 12.5. The maximum atomic E-state index is 5.37. The zero-order chi connectivity index (χ0) is 14.2. The van der Waals surface area contributed by atoms with Crippen LogP contribution in [0.2, 0.25) is 0 Å². The number of hydrogen-bond donors (Lipinski definition) is 1. The monoisotopic (exact) mass is 346 g/mol. The van der Waals surface area contributed by atoms with E-state index in [4.69, 9.17) is 9.47 Å². The molecule has 3 heterocycles. The van der Waals surface area contributed by atoms with Gasteiger partial charge in [-0.2, -0.15) is 0 Å². The second kappa shape index (κ2) is 4.92. The average molecular weight is 347 g/mol. The van der Waals surface area contributed by atoms with Crippen molar-refractivity contribution < 1.29 is 9.47 Å². The predicted molar refractivity (Wildman–Crippen MR) is 80.6 cm³/mol. The molecule has 0 saturated heterocycles. The summed E-state index contributed by atoms with van der Waals surface area (Å²) >= 11 is 3.37. The Balaban J connectivity index is 1.57. The third-order valence-electron chi connectivity index (χ3n) is 3.29. The lowest BCUT2D eigenvalue weighted by Gasteiger charge is -2.07. The van der Waals surface area contributed by atoms with Gasteiger partial charge in [0, 0.05) is 18.0 Å². The summed E-state index contributed by atoms with van der Waals surface area (Å²) in [6, 6.07) is 5.80. The fourth-order valence-electron chi connectivity index (χ4n) is 2.25. The van der Waals surface area contributed by atoms with Gasteiger partial charge in [0.2, 0.25) is 6.79 Å². The SMILES string of the molecule is Brc1cn2c(CNc3ccc4c(c3)OCO4)cnc2cn1. The van der Waals surface area contributed by atoms with Gasteiger partial charge in [0.05, 0.1) is 24.6 Å². The van der Waals surface area contributed by atoms with Gasteiger partial charge in [-0.3, -0.25) is 4.40 Å². The highest BCUT2D eigenvalue weighted by Crippen LogP contribution is 2.34. The molecule has 0 bridgehead atoms. The lowest BCUT2D eigenvalue weighted by Crippen LogP contribution is -2.02. The van der Waals surface area contributed by atoms with Crippen molar-refractivity contribution in [2.75, 3.05) is 12.1 Å². The fraction of sp³-hybridized carbons (Fsp3) is 0.143. The molecule has 1 aliphatic rings. The van der Waals surface area contributed by atoms with Gasteiger partial charge < -0.3 is 14.8 Å². The van der Waals surface area contributed by atoms with Crippen LogP contribution >= 0.6 is 15.9 Å². The molecule has 0 amide bonds. The van der Waals surface area contributed by atoms with Crippen molar-refractivity contribution in [2.24, 2.45) is 0 Å². The van der Waals surface area contributed by atoms with Crippen LogP contribution in [0.4, 0.5) is 5.69 Å². The van der Waals surface area contributed by atoms with Crippen LogP contribution in [0.25, 0.3) is 5.65 Å². The molecule has 6 nitrogen and oxygen atoms in total. The lowest BCUT2D eigenvalue weighted by atomic mass is 10.2. The number of hydrogen-bond acceptors (Lipinski definition) is 5. The molecule has 0 radical (unpaired) electrons. The Bertz CT molecular complexity index is 818. The Morgan fingerprint density at radius 1 is 1.19 bits per heavy atom. The zero-order valence-electron chi connectivity index (χ0n) is 10.9. The molecule has 7 heteroatoms. The van der Waals surface area contributed by atoms with Crippen molar-refractivity contribution in [1.29, 1.82) is 0 Å². The summed E-state index contributed by atoms with van der Waals surface area (Å²) in [5, 5.41) is 3.36. The first kappa shape index (κ1) is 12.5. The Morgan fingerprint density at radius 2 is 2.10 bits per heavy atom. The Morgan fingerprint density at radius 3 is 3.05 bits per heavy atom. The molecule has 0 unspecified atom stereocenters. The van der Waals surface area contributed by atoms with Crippen LogP contribution < -0.4 is 14.8 Å². The Kier molecular flexibility index (Phi) is 2.92. The number of aromatic nitrogens is 3. The molecular weight excluding hydrogens is 336 g/mol. The van der Waals surface area contributed by atoms with E-state index < -0.39 is 0 Å². The van der Waals surface area contributed by atoms with Crippen LogP contribution in [0, 0.1) is 0 Å². The van der Waals surface area contributed by atoms with E-state index in [0.29, 0.717) is 6.54 Å². The molecule has 4 rings (SSSR count). The molecule has 0 spiro atoms. The minimum absolute atomic E-state index is 0.285. The minimum Gasteiger partial charge on any atom is -0.454 e. The summed E-state index contributed by atoms with van der Waals surface area (Å²) in [6.45, 7) is 0.935. The standard InChI is InChI=1S/C14H11BrN4O2/c15-13-7-19-10(5-18-14(19)6-17-13)4-16-9-1-2-11-12(3-9)21-8-20-11/h1-3,5-7,16H,4,8H2. The smallest absolute Gasteiger partial charge is 0.231 e. The molecule has 1 aromatic carbocycles. The summed E-state index contributed by atoms with van der Waals surface area (Å²) in [5.41, 5.74) is 2.84.